The van der Waals surface area contributed by atoms with Crippen molar-refractivity contribution in [3.05, 3.63) is 45.8 Å². The van der Waals surface area contributed by atoms with Crippen LogP contribution >= 0.6 is 11.3 Å². The second kappa shape index (κ2) is 7.18. The van der Waals surface area contributed by atoms with Gasteiger partial charge in [-0.3, -0.25) is 9.59 Å². The van der Waals surface area contributed by atoms with Gasteiger partial charge in [0.05, 0.1) is 22.8 Å². The molecule has 3 N–H and O–H groups in total. The number of nitrogens with one attached hydrogen (secondary N) is 1. The summed E-state index contributed by atoms with van der Waals surface area (Å²) in [6.45, 7) is 0. The highest BCUT2D eigenvalue weighted by atomic mass is 32.2. The third kappa shape index (κ3) is 3.62. The second-order valence-corrected chi connectivity index (χ2v) is 10.5. The van der Waals surface area contributed by atoms with Crippen molar-refractivity contribution < 1.29 is 18.0 Å². The average molecular weight is 417 g/mol. The standard InChI is InChI=1S/C20H20N2O4S2/c21-19(24)8-14-5-13(15-6-16(10-23)27-11-15)7-17-18(9-22-20(14)17)12-1-3-28(25,26)4-2-12/h5-7,9-12,22H,1-4,8H2,(H2,21,24). The third-order valence-corrected chi connectivity index (χ3v) is 7.90. The van der Waals surface area contributed by atoms with Crippen LogP contribution in [0.5, 0.6) is 0 Å². The van der Waals surface area contributed by atoms with Crippen LogP contribution < -0.4 is 5.73 Å². The molecule has 1 amide bonds. The molecule has 28 heavy (non-hydrogen) atoms. The SMILES string of the molecule is NC(=O)Cc1cc(-c2csc(C=O)c2)cc2c(C3CCS(=O)(=O)CC3)c[nH]c12. The number of aromatic amines is 1. The van der Waals surface area contributed by atoms with Crippen molar-refractivity contribution in [3.8, 4) is 11.1 Å². The highest BCUT2D eigenvalue weighted by Crippen LogP contribution is 2.38. The molecule has 3 aromatic rings. The maximum atomic E-state index is 11.8. The molecule has 0 atom stereocenters. The molecule has 1 saturated heterocycles. The molecule has 1 aliphatic rings. The molecule has 6 nitrogen and oxygen atoms in total. The van der Waals surface area contributed by atoms with Gasteiger partial charge in [0.1, 0.15) is 9.84 Å². The van der Waals surface area contributed by atoms with Crippen molar-refractivity contribution in [2.75, 3.05) is 11.5 Å². The van der Waals surface area contributed by atoms with Crippen molar-refractivity contribution in [3.63, 3.8) is 0 Å². The van der Waals surface area contributed by atoms with E-state index in [1.165, 1.54) is 11.3 Å². The minimum absolute atomic E-state index is 0.105. The number of hydrogen-bond donors (Lipinski definition) is 2. The third-order valence-electron chi connectivity index (χ3n) is 5.33. The van der Waals surface area contributed by atoms with E-state index in [9.17, 15) is 18.0 Å². The lowest BCUT2D eigenvalue weighted by Crippen LogP contribution is -2.22. The first kappa shape index (κ1) is 18.9. The molecule has 2 aromatic heterocycles. The van der Waals surface area contributed by atoms with E-state index in [4.69, 9.17) is 5.73 Å². The second-order valence-electron chi connectivity index (χ2n) is 7.23. The normalized spacial score (nSPS) is 17.0. The van der Waals surface area contributed by atoms with Crippen LogP contribution in [-0.4, -0.2) is 37.1 Å². The molecule has 0 radical (unpaired) electrons. The molecule has 0 bridgehead atoms. The van der Waals surface area contributed by atoms with Gasteiger partial charge in [0.25, 0.3) is 0 Å². The molecule has 1 aromatic carbocycles. The Labute approximate surface area is 166 Å². The van der Waals surface area contributed by atoms with Crippen molar-refractivity contribution in [1.29, 1.82) is 0 Å². The summed E-state index contributed by atoms with van der Waals surface area (Å²) in [5.74, 6) is 0.135. The molecule has 0 spiro atoms. The van der Waals surface area contributed by atoms with Crippen molar-refractivity contribution in [2.24, 2.45) is 5.73 Å². The summed E-state index contributed by atoms with van der Waals surface area (Å²) in [4.78, 5) is 26.5. The molecule has 146 valence electrons. The van der Waals surface area contributed by atoms with Gasteiger partial charge in [-0.15, -0.1) is 11.3 Å². The van der Waals surface area contributed by atoms with E-state index in [1.807, 2.05) is 29.8 Å². The number of nitrogens with two attached hydrogens (primary N) is 1. The monoisotopic (exact) mass is 416 g/mol. The maximum absolute atomic E-state index is 11.8. The number of H-pyrrole nitrogens is 1. The van der Waals surface area contributed by atoms with Gasteiger partial charge in [-0.25, -0.2) is 8.42 Å². The molecule has 4 rings (SSSR count). The van der Waals surface area contributed by atoms with Crippen LogP contribution in [0, 0.1) is 0 Å². The Kier molecular flexibility index (Phi) is 4.84. The highest BCUT2D eigenvalue weighted by molar-refractivity contribution is 7.91. The van der Waals surface area contributed by atoms with E-state index in [0.717, 1.165) is 39.4 Å². The lowest BCUT2D eigenvalue weighted by atomic mass is 9.91. The van der Waals surface area contributed by atoms with E-state index in [-0.39, 0.29) is 23.8 Å². The van der Waals surface area contributed by atoms with Gasteiger partial charge in [-0.2, -0.15) is 0 Å². The number of thiophene rings is 1. The predicted molar refractivity (Wildman–Crippen MR) is 111 cm³/mol. The summed E-state index contributed by atoms with van der Waals surface area (Å²) in [5.41, 5.74) is 10.0. The van der Waals surface area contributed by atoms with E-state index in [1.54, 1.807) is 0 Å². The van der Waals surface area contributed by atoms with Gasteiger partial charge < -0.3 is 10.7 Å². The number of carbonyl (C=O) groups is 2. The molecule has 8 heteroatoms. The Morgan fingerprint density at radius 1 is 1.21 bits per heavy atom. The van der Waals surface area contributed by atoms with Crippen molar-refractivity contribution >= 4 is 44.3 Å². The molecular formula is C20H20N2O4S2. The summed E-state index contributed by atoms with van der Waals surface area (Å²) in [7, 11) is -2.94. The Balaban J connectivity index is 1.83. The van der Waals surface area contributed by atoms with Gasteiger partial charge in [0, 0.05) is 17.1 Å². The first-order valence-corrected chi connectivity index (χ1v) is 11.7. The van der Waals surface area contributed by atoms with E-state index in [2.05, 4.69) is 4.98 Å². The number of benzene rings is 1. The number of aldehydes is 1. The number of rotatable bonds is 5. The molecule has 1 fully saturated rings. The molecule has 3 heterocycles. The zero-order valence-corrected chi connectivity index (χ0v) is 16.7. The highest BCUT2D eigenvalue weighted by Gasteiger charge is 2.27. The minimum Gasteiger partial charge on any atom is -0.369 e. The van der Waals surface area contributed by atoms with Gasteiger partial charge in [0.2, 0.25) is 5.91 Å². The summed E-state index contributed by atoms with van der Waals surface area (Å²) in [6.07, 6.45) is 4.04. The number of fused-ring (bicyclic) bond motifs is 1. The fourth-order valence-corrected chi connectivity index (χ4v) is 6.14. The average Bonchev–Trinajstić information content (AvgIpc) is 3.28. The van der Waals surface area contributed by atoms with Crippen LogP contribution in [0.4, 0.5) is 0 Å². The number of carbonyl (C=O) groups excluding carboxylic acids is 2. The first-order chi connectivity index (χ1) is 13.4. The molecule has 0 aliphatic carbocycles. The Bertz CT molecular complexity index is 1160. The van der Waals surface area contributed by atoms with Crippen LogP contribution in [0.2, 0.25) is 0 Å². The smallest absolute Gasteiger partial charge is 0.221 e. The summed E-state index contributed by atoms with van der Waals surface area (Å²) in [5, 5.41) is 2.90. The largest absolute Gasteiger partial charge is 0.369 e. The van der Waals surface area contributed by atoms with Gasteiger partial charge in [0.15, 0.2) is 6.29 Å². The first-order valence-electron chi connectivity index (χ1n) is 9.03. The van der Waals surface area contributed by atoms with Gasteiger partial charge >= 0.3 is 0 Å². The topological polar surface area (TPSA) is 110 Å². The molecule has 0 saturated carbocycles. The Morgan fingerprint density at radius 2 is 1.96 bits per heavy atom. The fourth-order valence-electron chi connectivity index (χ4n) is 3.93. The van der Waals surface area contributed by atoms with Gasteiger partial charge in [-0.1, -0.05) is 0 Å². The zero-order chi connectivity index (χ0) is 19.9. The molecule has 1 aliphatic heterocycles. The van der Waals surface area contributed by atoms with E-state index < -0.39 is 15.7 Å². The fraction of sp³-hybridized carbons (Fsp3) is 0.300. The molecular weight excluding hydrogens is 396 g/mol. The number of aromatic nitrogens is 1. The van der Waals surface area contributed by atoms with Crippen molar-refractivity contribution in [2.45, 2.75) is 25.2 Å². The van der Waals surface area contributed by atoms with Crippen molar-refractivity contribution in [1.82, 2.24) is 4.98 Å². The number of primary amides is 1. The zero-order valence-electron chi connectivity index (χ0n) is 15.1. The summed E-state index contributed by atoms with van der Waals surface area (Å²) < 4.78 is 23.6. The van der Waals surface area contributed by atoms with Gasteiger partial charge in [-0.05, 0) is 64.6 Å². The Hall–Kier alpha value is -2.45. The quantitative estimate of drug-likeness (QED) is 0.623. The minimum atomic E-state index is -2.94. The van der Waals surface area contributed by atoms with Crippen LogP contribution in [-0.2, 0) is 21.1 Å². The van der Waals surface area contributed by atoms with Crippen LogP contribution in [0.1, 0.15) is 39.6 Å². The van der Waals surface area contributed by atoms with Crippen LogP contribution in [0.25, 0.3) is 22.0 Å². The van der Waals surface area contributed by atoms with E-state index in [0.29, 0.717) is 17.7 Å². The lowest BCUT2D eigenvalue weighted by Gasteiger charge is -2.21. The van der Waals surface area contributed by atoms with E-state index >= 15 is 0 Å². The number of amides is 1. The predicted octanol–water partition coefficient (Wildman–Crippen LogP) is 3.03. The summed E-state index contributed by atoms with van der Waals surface area (Å²) in [6, 6.07) is 5.80. The maximum Gasteiger partial charge on any atom is 0.221 e. The Morgan fingerprint density at radius 3 is 2.61 bits per heavy atom. The number of sulfone groups is 1. The lowest BCUT2D eigenvalue weighted by molar-refractivity contribution is -0.117. The van der Waals surface area contributed by atoms with Crippen LogP contribution in [0.3, 0.4) is 0 Å². The summed E-state index contributed by atoms with van der Waals surface area (Å²) >= 11 is 1.37. The molecule has 0 unspecified atom stereocenters. The number of hydrogen-bond acceptors (Lipinski definition) is 5. The van der Waals surface area contributed by atoms with Crippen LogP contribution in [0.15, 0.2) is 29.8 Å².